The van der Waals surface area contributed by atoms with E-state index < -0.39 is 0 Å². The van der Waals surface area contributed by atoms with E-state index in [0.717, 1.165) is 83.5 Å². The van der Waals surface area contributed by atoms with Gasteiger partial charge >= 0.3 is 0 Å². The molecule has 42 heavy (non-hydrogen) atoms. The van der Waals surface area contributed by atoms with Gasteiger partial charge in [0, 0.05) is 35.8 Å². The molecule has 0 aliphatic carbocycles. The van der Waals surface area contributed by atoms with E-state index in [0.29, 0.717) is 19.0 Å². The van der Waals surface area contributed by atoms with Gasteiger partial charge in [-0.3, -0.25) is 15.1 Å². The smallest absolute Gasteiger partial charge is 0.226 e. The molecule has 5 aromatic rings. The zero-order chi connectivity index (χ0) is 28.3. The molecule has 0 saturated carbocycles. The molecule has 0 bridgehead atoms. The number of rotatable bonds is 7. The number of amides is 1. The molecule has 2 N–H and O–H groups in total. The fourth-order valence-corrected chi connectivity index (χ4v) is 6.23. The lowest BCUT2D eigenvalue weighted by atomic mass is 10.0. The average Bonchev–Trinajstić information content (AvgIpc) is 3.30. The van der Waals surface area contributed by atoms with E-state index in [9.17, 15) is 4.79 Å². The average molecular weight is 561 g/mol. The van der Waals surface area contributed by atoms with Crippen molar-refractivity contribution in [2.75, 3.05) is 43.0 Å². The second kappa shape index (κ2) is 11.8. The molecule has 1 saturated heterocycles. The highest BCUT2D eigenvalue weighted by Crippen LogP contribution is 2.34. The summed E-state index contributed by atoms with van der Waals surface area (Å²) in [6, 6.07) is 23.0. The van der Waals surface area contributed by atoms with Gasteiger partial charge < -0.3 is 19.5 Å². The fourth-order valence-electron chi connectivity index (χ4n) is 6.23. The Kier molecular flexibility index (Phi) is 7.45. The van der Waals surface area contributed by atoms with Crippen LogP contribution in [0.15, 0.2) is 72.9 Å². The van der Waals surface area contributed by atoms with Gasteiger partial charge in [0.2, 0.25) is 11.9 Å². The van der Waals surface area contributed by atoms with Crippen LogP contribution in [0, 0.1) is 0 Å². The van der Waals surface area contributed by atoms with Crippen LogP contribution >= 0.6 is 0 Å². The Balaban J connectivity index is 1.06. The number of carbonyl (C=O) groups excluding carboxylic acids is 1. The van der Waals surface area contributed by atoms with Gasteiger partial charge in [-0.2, -0.15) is 0 Å². The van der Waals surface area contributed by atoms with Gasteiger partial charge in [-0.25, -0.2) is 4.98 Å². The first-order valence-electron chi connectivity index (χ1n) is 15.1. The highest BCUT2D eigenvalue weighted by molar-refractivity contribution is 5.92. The first kappa shape index (κ1) is 26.5. The van der Waals surface area contributed by atoms with Crippen LogP contribution in [-0.4, -0.2) is 58.5 Å². The third kappa shape index (κ3) is 5.67. The van der Waals surface area contributed by atoms with E-state index in [1.165, 1.54) is 24.9 Å². The van der Waals surface area contributed by atoms with E-state index in [1.54, 1.807) is 0 Å². The second-order valence-corrected chi connectivity index (χ2v) is 11.3. The number of aromatic nitrogens is 3. The number of ether oxygens (including phenoxy) is 1. The van der Waals surface area contributed by atoms with Gasteiger partial charge in [-0.1, -0.05) is 36.8 Å². The lowest BCUT2D eigenvalue weighted by Gasteiger charge is -2.26. The van der Waals surface area contributed by atoms with Crippen LogP contribution < -0.4 is 15.0 Å². The maximum Gasteiger partial charge on any atom is 0.226 e. The Morgan fingerprint density at radius 2 is 1.79 bits per heavy atom. The number of benzene rings is 3. The summed E-state index contributed by atoms with van der Waals surface area (Å²) in [7, 11) is 0. The number of pyridine rings is 1. The van der Waals surface area contributed by atoms with Crippen LogP contribution in [0.3, 0.4) is 0 Å². The standard InChI is InChI=1S/C34H36N6O2/c41-33(9-6-18-39-16-4-1-5-17-39)38-34-36-29-12-10-25(22-30(29)37-34)24-11-13-32-26(21-24)23-40(19-20-42-32)31-14-15-35-28-8-3-2-7-27(28)31/h2-3,7-8,10-15,21-22H,1,4-6,9,16-20,23H2,(H2,36,37,38,41). The molecule has 2 aromatic heterocycles. The molecule has 3 aromatic carbocycles. The Hall–Kier alpha value is -4.43. The number of hydrogen-bond donors (Lipinski definition) is 2. The van der Waals surface area contributed by atoms with E-state index in [2.05, 4.69) is 84.7 Å². The van der Waals surface area contributed by atoms with E-state index in [1.807, 2.05) is 18.3 Å². The van der Waals surface area contributed by atoms with E-state index in [4.69, 9.17) is 4.74 Å². The van der Waals surface area contributed by atoms with Crippen molar-refractivity contribution in [2.24, 2.45) is 0 Å². The molecule has 0 radical (unpaired) electrons. The molecule has 2 aliphatic rings. The number of para-hydroxylation sites is 1. The molecule has 4 heterocycles. The van der Waals surface area contributed by atoms with Crippen molar-refractivity contribution in [2.45, 2.75) is 38.6 Å². The summed E-state index contributed by atoms with van der Waals surface area (Å²) in [5.74, 6) is 1.43. The second-order valence-electron chi connectivity index (χ2n) is 11.3. The molecular formula is C34H36N6O2. The number of piperidine rings is 1. The minimum absolute atomic E-state index is 0.00331. The number of carbonyl (C=O) groups is 1. The number of anilines is 2. The molecule has 0 unspecified atom stereocenters. The molecule has 0 atom stereocenters. The molecule has 214 valence electrons. The Labute approximate surface area is 245 Å². The molecule has 8 heteroatoms. The lowest BCUT2D eigenvalue weighted by Crippen LogP contribution is -2.31. The third-order valence-corrected chi connectivity index (χ3v) is 8.41. The number of imidazole rings is 1. The van der Waals surface area contributed by atoms with Crippen LogP contribution in [0.2, 0.25) is 0 Å². The summed E-state index contributed by atoms with van der Waals surface area (Å²) in [4.78, 5) is 29.9. The predicted octanol–water partition coefficient (Wildman–Crippen LogP) is 6.38. The van der Waals surface area contributed by atoms with Gasteiger partial charge in [0.05, 0.1) is 23.1 Å². The molecule has 0 spiro atoms. The van der Waals surface area contributed by atoms with E-state index >= 15 is 0 Å². The van der Waals surface area contributed by atoms with Crippen molar-refractivity contribution in [3.8, 4) is 16.9 Å². The lowest BCUT2D eigenvalue weighted by molar-refractivity contribution is -0.116. The van der Waals surface area contributed by atoms with Crippen LogP contribution in [0.4, 0.5) is 11.6 Å². The Morgan fingerprint density at radius 1 is 0.929 bits per heavy atom. The Bertz CT molecular complexity index is 1720. The fraction of sp³-hybridized carbons (Fsp3) is 0.324. The highest BCUT2D eigenvalue weighted by atomic mass is 16.5. The van der Waals surface area contributed by atoms with Crippen molar-refractivity contribution in [1.82, 2.24) is 19.9 Å². The number of nitrogens with one attached hydrogen (secondary N) is 2. The predicted molar refractivity (Wildman–Crippen MR) is 168 cm³/mol. The monoisotopic (exact) mass is 560 g/mol. The maximum atomic E-state index is 12.6. The topological polar surface area (TPSA) is 86.4 Å². The molecule has 8 nitrogen and oxygen atoms in total. The first-order valence-corrected chi connectivity index (χ1v) is 15.1. The minimum atomic E-state index is 0.00331. The van der Waals surface area contributed by atoms with Crippen molar-refractivity contribution in [3.63, 3.8) is 0 Å². The van der Waals surface area contributed by atoms with Crippen molar-refractivity contribution >= 4 is 39.5 Å². The number of H-pyrrole nitrogens is 1. The van der Waals surface area contributed by atoms with Crippen molar-refractivity contribution in [3.05, 3.63) is 78.5 Å². The number of nitrogens with zero attached hydrogens (tertiary/aromatic N) is 4. The van der Waals surface area contributed by atoms with Gasteiger partial charge in [-0.05, 0) is 86.4 Å². The summed E-state index contributed by atoms with van der Waals surface area (Å²) in [6.45, 7) is 5.47. The summed E-state index contributed by atoms with van der Waals surface area (Å²) in [5, 5.41) is 4.11. The minimum Gasteiger partial charge on any atom is -0.491 e. The molecule has 1 fully saturated rings. The normalized spacial score (nSPS) is 15.8. The number of hydrogen-bond acceptors (Lipinski definition) is 6. The van der Waals surface area contributed by atoms with Crippen molar-refractivity contribution < 1.29 is 9.53 Å². The SMILES string of the molecule is O=C(CCCN1CCCCC1)Nc1nc2ccc(-c3ccc4c(c3)CN(c3ccnc5ccccc35)CCO4)cc2[nH]1. The van der Waals surface area contributed by atoms with Gasteiger partial charge in [0.25, 0.3) is 0 Å². The van der Waals surface area contributed by atoms with Crippen LogP contribution in [0.25, 0.3) is 33.1 Å². The molecule has 2 aliphatic heterocycles. The Morgan fingerprint density at radius 3 is 2.71 bits per heavy atom. The summed E-state index contributed by atoms with van der Waals surface area (Å²) in [5.41, 5.74) is 7.23. The number of likely N-dealkylation sites (tertiary alicyclic amines) is 1. The first-order chi connectivity index (χ1) is 20.7. The van der Waals surface area contributed by atoms with Gasteiger partial charge in [0.15, 0.2) is 0 Å². The summed E-state index contributed by atoms with van der Waals surface area (Å²) < 4.78 is 6.16. The van der Waals surface area contributed by atoms with Crippen LogP contribution in [0.5, 0.6) is 5.75 Å². The summed E-state index contributed by atoms with van der Waals surface area (Å²) >= 11 is 0. The van der Waals surface area contributed by atoms with E-state index in [-0.39, 0.29) is 5.91 Å². The van der Waals surface area contributed by atoms with Crippen LogP contribution in [-0.2, 0) is 11.3 Å². The van der Waals surface area contributed by atoms with Gasteiger partial charge in [-0.15, -0.1) is 0 Å². The maximum absolute atomic E-state index is 12.6. The molecule has 7 rings (SSSR count). The van der Waals surface area contributed by atoms with Crippen LogP contribution in [0.1, 0.15) is 37.7 Å². The largest absolute Gasteiger partial charge is 0.491 e. The number of fused-ring (bicyclic) bond motifs is 3. The highest BCUT2D eigenvalue weighted by Gasteiger charge is 2.19. The number of aromatic amines is 1. The molecule has 1 amide bonds. The van der Waals surface area contributed by atoms with Crippen molar-refractivity contribution in [1.29, 1.82) is 0 Å². The third-order valence-electron chi connectivity index (χ3n) is 8.41. The van der Waals surface area contributed by atoms with Gasteiger partial charge in [0.1, 0.15) is 12.4 Å². The zero-order valence-corrected chi connectivity index (χ0v) is 23.8. The zero-order valence-electron chi connectivity index (χ0n) is 23.8. The molecular weight excluding hydrogens is 524 g/mol. The quantitative estimate of drug-likeness (QED) is 0.240. The summed E-state index contributed by atoms with van der Waals surface area (Å²) in [6.07, 6.45) is 7.12.